The molecule has 0 spiro atoms. The molecule has 0 bridgehead atoms. The Bertz CT molecular complexity index is 334. The van der Waals surface area contributed by atoms with Gasteiger partial charge in [-0.1, -0.05) is 28.9 Å². The molecule has 1 aromatic rings. The monoisotopic (exact) mass is 195 g/mol. The average Bonchev–Trinajstić information content (AvgIpc) is 2.10. The fraction of sp³-hybridized carbons (Fsp3) is 0.100. The van der Waals surface area contributed by atoms with Gasteiger partial charge in [0.2, 0.25) is 0 Å². The molecule has 0 heterocycles. The van der Waals surface area contributed by atoms with E-state index >= 15 is 0 Å². The minimum absolute atomic E-state index is 0.673. The molecule has 0 unspecified atom stereocenters. The number of allylic oxidation sites excluding steroid dienone is 1. The molecular formula is C10H10ClNO. The van der Waals surface area contributed by atoms with Crippen LogP contribution in [0.25, 0.3) is 0 Å². The number of oxime groups is 1. The second kappa shape index (κ2) is 4.67. The number of nitrogens with zero attached hydrogens (tertiary/aromatic N) is 1. The van der Waals surface area contributed by atoms with Crippen molar-refractivity contribution >= 4 is 17.8 Å². The van der Waals surface area contributed by atoms with Gasteiger partial charge in [0.05, 0.1) is 6.21 Å². The molecule has 0 amide bonds. The summed E-state index contributed by atoms with van der Waals surface area (Å²) >= 11 is 5.81. The summed E-state index contributed by atoms with van der Waals surface area (Å²) in [5.74, 6) is 0. The van der Waals surface area contributed by atoms with E-state index in [-0.39, 0.29) is 0 Å². The number of hydrogen-bond donors (Lipinski definition) is 1. The number of halogens is 1. The Hall–Kier alpha value is -1.28. The molecular weight excluding hydrogens is 186 g/mol. The smallest absolute Gasteiger partial charge is 0.0736 e. The molecule has 13 heavy (non-hydrogen) atoms. The van der Waals surface area contributed by atoms with E-state index in [2.05, 4.69) is 11.7 Å². The highest BCUT2D eigenvalue weighted by atomic mass is 35.5. The van der Waals surface area contributed by atoms with Crippen molar-refractivity contribution < 1.29 is 5.21 Å². The maximum atomic E-state index is 8.39. The van der Waals surface area contributed by atoms with Crippen LogP contribution in [0.15, 0.2) is 36.0 Å². The van der Waals surface area contributed by atoms with E-state index in [0.717, 1.165) is 11.1 Å². The van der Waals surface area contributed by atoms with Crippen LogP contribution in [0.1, 0.15) is 11.1 Å². The molecule has 1 N–H and O–H groups in total. The van der Waals surface area contributed by atoms with E-state index in [1.165, 1.54) is 6.21 Å². The second-order valence-corrected chi connectivity index (χ2v) is 3.02. The van der Waals surface area contributed by atoms with E-state index in [9.17, 15) is 0 Å². The zero-order valence-corrected chi connectivity index (χ0v) is 7.83. The molecule has 0 aliphatic rings. The highest BCUT2D eigenvalue weighted by Crippen LogP contribution is 2.15. The van der Waals surface area contributed by atoms with Crippen molar-refractivity contribution in [3.05, 3.63) is 47.0 Å². The topological polar surface area (TPSA) is 32.6 Å². The van der Waals surface area contributed by atoms with Gasteiger partial charge in [-0.2, -0.15) is 0 Å². The molecule has 0 fully saturated rings. The highest BCUT2D eigenvalue weighted by Gasteiger charge is 1.99. The fourth-order valence-electron chi connectivity index (χ4n) is 1.09. The molecule has 1 aromatic carbocycles. The molecule has 0 saturated carbocycles. The largest absolute Gasteiger partial charge is 0.411 e. The average molecular weight is 196 g/mol. The van der Waals surface area contributed by atoms with E-state index in [0.29, 0.717) is 11.4 Å². The maximum Gasteiger partial charge on any atom is 0.0736 e. The van der Waals surface area contributed by atoms with Gasteiger partial charge in [0.15, 0.2) is 0 Å². The number of hydrogen-bond acceptors (Lipinski definition) is 2. The van der Waals surface area contributed by atoms with Crippen molar-refractivity contribution in [3.8, 4) is 0 Å². The summed E-state index contributed by atoms with van der Waals surface area (Å²) < 4.78 is 0. The van der Waals surface area contributed by atoms with Crippen LogP contribution in [0, 0.1) is 0 Å². The first-order valence-corrected chi connectivity index (χ1v) is 4.22. The SMILES string of the molecule is C=CCc1cc(Cl)ccc1/C=N/O. The van der Waals surface area contributed by atoms with E-state index in [1.807, 2.05) is 6.07 Å². The van der Waals surface area contributed by atoms with Crippen LogP contribution in [-0.2, 0) is 6.42 Å². The van der Waals surface area contributed by atoms with Gasteiger partial charge in [0, 0.05) is 5.02 Å². The van der Waals surface area contributed by atoms with Crippen molar-refractivity contribution in [2.75, 3.05) is 0 Å². The minimum atomic E-state index is 0.673. The van der Waals surface area contributed by atoms with Gasteiger partial charge in [0.25, 0.3) is 0 Å². The molecule has 1 rings (SSSR count). The third-order valence-electron chi connectivity index (χ3n) is 1.67. The van der Waals surface area contributed by atoms with Gasteiger partial charge in [0.1, 0.15) is 0 Å². The Kier molecular flexibility index (Phi) is 3.53. The minimum Gasteiger partial charge on any atom is -0.411 e. The van der Waals surface area contributed by atoms with Crippen LogP contribution in [-0.4, -0.2) is 11.4 Å². The van der Waals surface area contributed by atoms with Crippen LogP contribution in [0.5, 0.6) is 0 Å². The van der Waals surface area contributed by atoms with Gasteiger partial charge in [-0.05, 0) is 29.7 Å². The second-order valence-electron chi connectivity index (χ2n) is 2.58. The molecule has 0 aromatic heterocycles. The normalized spacial score (nSPS) is 10.5. The summed E-state index contributed by atoms with van der Waals surface area (Å²) in [6.07, 6.45) is 3.87. The molecule has 0 radical (unpaired) electrons. The zero-order valence-electron chi connectivity index (χ0n) is 7.07. The highest BCUT2D eigenvalue weighted by molar-refractivity contribution is 6.30. The van der Waals surface area contributed by atoms with Crippen molar-refractivity contribution in [2.45, 2.75) is 6.42 Å². The van der Waals surface area contributed by atoms with E-state index < -0.39 is 0 Å². The van der Waals surface area contributed by atoms with E-state index in [1.54, 1.807) is 18.2 Å². The van der Waals surface area contributed by atoms with Crippen LogP contribution >= 0.6 is 11.6 Å². The first kappa shape index (κ1) is 9.81. The Labute approximate surface area is 82.1 Å². The quantitative estimate of drug-likeness (QED) is 0.342. The summed E-state index contributed by atoms with van der Waals surface area (Å²) in [5.41, 5.74) is 1.85. The van der Waals surface area contributed by atoms with Gasteiger partial charge in [-0.15, -0.1) is 6.58 Å². The van der Waals surface area contributed by atoms with Crippen molar-refractivity contribution in [3.63, 3.8) is 0 Å². The van der Waals surface area contributed by atoms with Crippen molar-refractivity contribution in [2.24, 2.45) is 5.16 Å². The van der Waals surface area contributed by atoms with Gasteiger partial charge < -0.3 is 5.21 Å². The molecule has 0 aliphatic carbocycles. The lowest BCUT2D eigenvalue weighted by Crippen LogP contribution is -1.91. The summed E-state index contributed by atoms with van der Waals surface area (Å²) in [5, 5.41) is 12.0. The Morgan fingerprint density at radius 2 is 2.31 bits per heavy atom. The van der Waals surface area contributed by atoms with Gasteiger partial charge in [-0.25, -0.2) is 0 Å². The molecule has 3 heteroatoms. The van der Waals surface area contributed by atoms with Gasteiger partial charge in [-0.3, -0.25) is 0 Å². The molecule has 0 saturated heterocycles. The molecule has 68 valence electrons. The van der Waals surface area contributed by atoms with E-state index in [4.69, 9.17) is 16.8 Å². The summed E-state index contributed by atoms with van der Waals surface area (Å²) in [6, 6.07) is 5.40. The van der Waals surface area contributed by atoms with Gasteiger partial charge >= 0.3 is 0 Å². The lowest BCUT2D eigenvalue weighted by Gasteiger charge is -2.02. The summed E-state index contributed by atoms with van der Waals surface area (Å²) in [6.45, 7) is 3.64. The standard InChI is InChI=1S/C10H10ClNO/c1-2-3-8-6-10(11)5-4-9(8)7-12-13/h2,4-7,13H,1,3H2/b12-7+. The Morgan fingerprint density at radius 1 is 1.54 bits per heavy atom. The first-order valence-electron chi connectivity index (χ1n) is 3.84. The first-order chi connectivity index (χ1) is 6.27. The third kappa shape index (κ3) is 2.60. The van der Waals surface area contributed by atoms with Crippen LogP contribution in [0.4, 0.5) is 0 Å². The molecule has 0 atom stereocenters. The van der Waals surface area contributed by atoms with Crippen LogP contribution in [0.3, 0.4) is 0 Å². The predicted octanol–water partition coefficient (Wildman–Crippen LogP) is 2.88. The lowest BCUT2D eigenvalue weighted by atomic mass is 10.1. The van der Waals surface area contributed by atoms with Crippen LogP contribution < -0.4 is 0 Å². The lowest BCUT2D eigenvalue weighted by molar-refractivity contribution is 0.322. The van der Waals surface area contributed by atoms with Crippen LogP contribution in [0.2, 0.25) is 5.02 Å². The molecule has 2 nitrogen and oxygen atoms in total. The zero-order chi connectivity index (χ0) is 9.68. The fourth-order valence-corrected chi connectivity index (χ4v) is 1.29. The maximum absolute atomic E-state index is 8.39. The Morgan fingerprint density at radius 3 is 2.92 bits per heavy atom. The van der Waals surface area contributed by atoms with Crippen molar-refractivity contribution in [1.29, 1.82) is 0 Å². The summed E-state index contributed by atoms with van der Waals surface area (Å²) in [7, 11) is 0. The Balaban J connectivity index is 3.09. The number of benzene rings is 1. The molecule has 0 aliphatic heterocycles. The van der Waals surface area contributed by atoms with Crippen molar-refractivity contribution in [1.82, 2.24) is 0 Å². The summed E-state index contributed by atoms with van der Waals surface area (Å²) in [4.78, 5) is 0. The third-order valence-corrected chi connectivity index (χ3v) is 1.90. The number of rotatable bonds is 3. The predicted molar refractivity (Wildman–Crippen MR) is 54.7 cm³/mol.